The lowest BCUT2D eigenvalue weighted by Crippen LogP contribution is -2.19. The van der Waals surface area contributed by atoms with Gasteiger partial charge in [-0.25, -0.2) is 9.78 Å². The number of ether oxygens (including phenoxy) is 2. The number of nitrogens with two attached hydrogens (primary N) is 1. The van der Waals surface area contributed by atoms with Crippen LogP contribution in [0.2, 0.25) is 0 Å². The van der Waals surface area contributed by atoms with Gasteiger partial charge in [0.1, 0.15) is 5.75 Å². The second-order valence-corrected chi connectivity index (χ2v) is 6.53. The van der Waals surface area contributed by atoms with Crippen molar-refractivity contribution in [3.8, 4) is 17.2 Å². The normalized spacial score (nSPS) is 11.1. The monoisotopic (exact) mass is 345 g/mol. The molecule has 0 atom stereocenters. The van der Waals surface area contributed by atoms with E-state index in [1.54, 1.807) is 25.2 Å². The Morgan fingerprint density at radius 1 is 1.24 bits per heavy atom. The van der Waals surface area contributed by atoms with Gasteiger partial charge in [-0.2, -0.15) is 0 Å². The zero-order chi connectivity index (χ0) is 18.8. The number of carbonyl (C=O) groups is 1. The lowest BCUT2D eigenvalue weighted by molar-refractivity contribution is 0.0687. The van der Waals surface area contributed by atoms with Crippen molar-refractivity contribution < 1.29 is 19.4 Å². The van der Waals surface area contributed by atoms with Gasteiger partial charge in [0.25, 0.3) is 0 Å². The van der Waals surface area contributed by atoms with Crippen LogP contribution in [0.25, 0.3) is 0 Å². The quantitative estimate of drug-likeness (QED) is 0.712. The summed E-state index contributed by atoms with van der Waals surface area (Å²) in [5.74, 6) is 0.168. The van der Waals surface area contributed by atoms with Crippen LogP contribution in [0.3, 0.4) is 0 Å². The zero-order valence-corrected chi connectivity index (χ0v) is 15.0. The highest BCUT2D eigenvalue weighted by molar-refractivity contribution is 5.88. The second-order valence-electron chi connectivity index (χ2n) is 6.53. The number of benzene rings is 1. The maximum absolute atomic E-state index is 11.6. The van der Waals surface area contributed by atoms with Gasteiger partial charge in [0, 0.05) is 30.9 Å². The van der Waals surface area contributed by atoms with Crippen molar-refractivity contribution in [2.75, 3.05) is 25.2 Å². The largest absolute Gasteiger partial charge is 0.493 e. The predicted molar refractivity (Wildman–Crippen MR) is 96.9 cm³/mol. The molecule has 1 heterocycles. The van der Waals surface area contributed by atoms with Crippen LogP contribution < -0.4 is 20.5 Å². The summed E-state index contributed by atoms with van der Waals surface area (Å²) in [4.78, 5) is 15.6. The molecule has 0 fully saturated rings. The molecular weight excluding hydrogens is 322 g/mol. The number of aromatic carboxylic acids is 1. The van der Waals surface area contributed by atoms with Gasteiger partial charge in [-0.3, -0.25) is 0 Å². The molecule has 0 spiro atoms. The molecule has 0 saturated heterocycles. The fraction of sp³-hybridized carbons (Fsp3) is 0.333. The van der Waals surface area contributed by atoms with E-state index in [4.69, 9.17) is 15.2 Å². The smallest absolute Gasteiger partial charge is 0.354 e. The number of carboxylic acids is 1. The first-order valence-corrected chi connectivity index (χ1v) is 7.75. The highest BCUT2D eigenvalue weighted by atomic mass is 16.5. The average Bonchev–Trinajstić information content (AvgIpc) is 2.53. The predicted octanol–water partition coefficient (Wildman–Crippen LogP) is 3.50. The number of methoxy groups -OCH3 is 1. The standard InChI is InChI=1S/C18H23N3O4/c1-18(2,3)15-12(6-7-21-16(15)17(22)23)25-14-8-10(19)11(20-4)9-13(14)24-5/h6-9,20H,19H2,1-5H3,(H,22,23). The van der Waals surface area contributed by atoms with Crippen LogP contribution in [-0.2, 0) is 5.41 Å². The SMILES string of the molecule is CNc1cc(OC)c(Oc2ccnc(C(=O)O)c2C(C)(C)C)cc1N. The number of rotatable bonds is 5. The summed E-state index contributed by atoms with van der Waals surface area (Å²) in [6, 6.07) is 4.99. The van der Waals surface area contributed by atoms with Crippen molar-refractivity contribution in [2.24, 2.45) is 0 Å². The Morgan fingerprint density at radius 3 is 2.44 bits per heavy atom. The second kappa shape index (κ2) is 6.88. The average molecular weight is 345 g/mol. The van der Waals surface area contributed by atoms with Gasteiger partial charge in [-0.1, -0.05) is 20.8 Å². The van der Waals surface area contributed by atoms with E-state index >= 15 is 0 Å². The Morgan fingerprint density at radius 2 is 1.92 bits per heavy atom. The Bertz CT molecular complexity index is 798. The summed E-state index contributed by atoms with van der Waals surface area (Å²) in [7, 11) is 3.28. The van der Waals surface area contributed by atoms with Crippen LogP contribution in [-0.4, -0.2) is 30.2 Å². The fourth-order valence-electron chi connectivity index (χ4n) is 2.57. The van der Waals surface area contributed by atoms with Gasteiger partial charge in [0.2, 0.25) is 0 Å². The molecule has 2 rings (SSSR count). The van der Waals surface area contributed by atoms with Crippen LogP contribution in [0.4, 0.5) is 11.4 Å². The number of anilines is 2. The molecule has 0 saturated carbocycles. The number of nitrogens with one attached hydrogen (secondary N) is 1. The Balaban J connectivity index is 2.60. The van der Waals surface area contributed by atoms with Gasteiger partial charge < -0.3 is 25.6 Å². The number of nitrogen functional groups attached to an aromatic ring is 1. The van der Waals surface area contributed by atoms with Crippen molar-refractivity contribution in [3.63, 3.8) is 0 Å². The minimum atomic E-state index is -1.10. The van der Waals surface area contributed by atoms with Gasteiger partial charge in [-0.15, -0.1) is 0 Å². The third-order valence-corrected chi connectivity index (χ3v) is 3.69. The van der Waals surface area contributed by atoms with Crippen molar-refractivity contribution in [1.29, 1.82) is 0 Å². The Labute approximate surface area is 146 Å². The maximum Gasteiger partial charge on any atom is 0.354 e. The number of nitrogens with zero attached hydrogens (tertiary/aromatic N) is 1. The summed E-state index contributed by atoms with van der Waals surface area (Å²) < 4.78 is 11.4. The molecule has 2 aromatic rings. The first kappa shape index (κ1) is 18.4. The first-order chi connectivity index (χ1) is 11.7. The molecular formula is C18H23N3O4. The van der Waals surface area contributed by atoms with E-state index in [9.17, 15) is 9.90 Å². The number of hydrogen-bond donors (Lipinski definition) is 3. The summed E-state index contributed by atoms with van der Waals surface area (Å²) in [6.45, 7) is 5.71. The summed E-state index contributed by atoms with van der Waals surface area (Å²) in [5.41, 5.74) is 7.18. The molecule has 0 aliphatic rings. The lowest BCUT2D eigenvalue weighted by atomic mass is 9.85. The molecule has 0 aliphatic carbocycles. The van der Waals surface area contributed by atoms with E-state index < -0.39 is 11.4 Å². The van der Waals surface area contributed by atoms with Gasteiger partial charge in [0.05, 0.1) is 18.5 Å². The molecule has 0 unspecified atom stereocenters. The number of hydrogen-bond acceptors (Lipinski definition) is 6. The van der Waals surface area contributed by atoms with Crippen molar-refractivity contribution in [1.82, 2.24) is 4.98 Å². The first-order valence-electron chi connectivity index (χ1n) is 7.75. The van der Waals surface area contributed by atoms with Gasteiger partial charge in [-0.05, 0) is 11.5 Å². The minimum Gasteiger partial charge on any atom is -0.493 e. The molecule has 0 bridgehead atoms. The molecule has 25 heavy (non-hydrogen) atoms. The minimum absolute atomic E-state index is 0.0382. The van der Waals surface area contributed by atoms with Crippen molar-refractivity contribution in [3.05, 3.63) is 35.7 Å². The lowest BCUT2D eigenvalue weighted by Gasteiger charge is -2.24. The highest BCUT2D eigenvalue weighted by Gasteiger charge is 2.28. The highest BCUT2D eigenvalue weighted by Crippen LogP contribution is 2.41. The van der Waals surface area contributed by atoms with Crippen LogP contribution in [0, 0.1) is 0 Å². The molecule has 134 valence electrons. The maximum atomic E-state index is 11.6. The third-order valence-electron chi connectivity index (χ3n) is 3.69. The number of aromatic nitrogens is 1. The van der Waals surface area contributed by atoms with Crippen LogP contribution >= 0.6 is 0 Å². The van der Waals surface area contributed by atoms with Crippen LogP contribution in [0.15, 0.2) is 24.4 Å². The summed E-state index contributed by atoms with van der Waals surface area (Å²) in [6.07, 6.45) is 1.41. The topological polar surface area (TPSA) is 107 Å². The third kappa shape index (κ3) is 3.76. The van der Waals surface area contributed by atoms with Gasteiger partial charge >= 0.3 is 5.97 Å². The van der Waals surface area contributed by atoms with E-state index in [0.717, 1.165) is 0 Å². The van der Waals surface area contributed by atoms with E-state index in [1.165, 1.54) is 13.3 Å². The molecule has 7 heteroatoms. The van der Waals surface area contributed by atoms with E-state index in [1.807, 2.05) is 20.8 Å². The van der Waals surface area contributed by atoms with E-state index in [0.29, 0.717) is 34.2 Å². The van der Waals surface area contributed by atoms with Gasteiger partial charge in [0.15, 0.2) is 17.2 Å². The number of pyridine rings is 1. The molecule has 7 nitrogen and oxygen atoms in total. The summed E-state index contributed by atoms with van der Waals surface area (Å²) >= 11 is 0. The molecule has 1 aromatic carbocycles. The van der Waals surface area contributed by atoms with E-state index in [2.05, 4.69) is 10.3 Å². The molecule has 1 aromatic heterocycles. The van der Waals surface area contributed by atoms with Crippen molar-refractivity contribution in [2.45, 2.75) is 26.2 Å². The molecule has 0 aliphatic heterocycles. The fourth-order valence-corrected chi connectivity index (χ4v) is 2.57. The van der Waals surface area contributed by atoms with Crippen LogP contribution in [0.5, 0.6) is 17.2 Å². The Kier molecular flexibility index (Phi) is 5.06. The van der Waals surface area contributed by atoms with Crippen LogP contribution in [0.1, 0.15) is 36.8 Å². The van der Waals surface area contributed by atoms with Crippen molar-refractivity contribution >= 4 is 17.3 Å². The van der Waals surface area contributed by atoms with E-state index in [-0.39, 0.29) is 5.69 Å². The molecule has 4 N–H and O–H groups in total. The molecule has 0 amide bonds. The molecule has 0 radical (unpaired) electrons. The summed E-state index contributed by atoms with van der Waals surface area (Å²) in [5, 5.41) is 12.4. The zero-order valence-electron chi connectivity index (χ0n) is 15.0. The number of carboxylic acid groups (broad SMARTS) is 1. The Hall–Kier alpha value is -2.96.